The van der Waals surface area contributed by atoms with E-state index in [1.807, 2.05) is 25.7 Å². The average Bonchev–Trinajstić information content (AvgIpc) is 2.26. The molecule has 0 spiro atoms. The van der Waals surface area contributed by atoms with E-state index < -0.39 is 6.04 Å². The van der Waals surface area contributed by atoms with E-state index in [2.05, 4.69) is 6.92 Å². The molecule has 2 N–H and O–H groups in total. The second kappa shape index (κ2) is 4.94. The fourth-order valence-electron chi connectivity index (χ4n) is 2.13. The molecule has 1 saturated heterocycles. The van der Waals surface area contributed by atoms with Crippen molar-refractivity contribution in [2.75, 3.05) is 20.2 Å². The lowest BCUT2D eigenvalue weighted by atomic mass is 9.85. The Labute approximate surface area is 104 Å². The van der Waals surface area contributed by atoms with Crippen molar-refractivity contribution in [2.45, 2.75) is 52.2 Å². The Hall–Kier alpha value is -0.610. The van der Waals surface area contributed by atoms with Gasteiger partial charge in [0.2, 0.25) is 5.91 Å². The number of nitrogens with zero attached hydrogens (tertiary/aromatic N) is 1. The van der Waals surface area contributed by atoms with Crippen LogP contribution in [0.3, 0.4) is 0 Å². The molecule has 100 valence electrons. The van der Waals surface area contributed by atoms with Crippen LogP contribution in [0.15, 0.2) is 0 Å². The maximum absolute atomic E-state index is 12.3. The van der Waals surface area contributed by atoms with Gasteiger partial charge in [-0.1, -0.05) is 20.8 Å². The fourth-order valence-corrected chi connectivity index (χ4v) is 2.13. The monoisotopic (exact) mass is 242 g/mol. The van der Waals surface area contributed by atoms with Crippen molar-refractivity contribution in [3.05, 3.63) is 0 Å². The zero-order chi connectivity index (χ0) is 13.3. The molecule has 4 heteroatoms. The minimum atomic E-state index is -0.443. The van der Waals surface area contributed by atoms with E-state index in [4.69, 9.17) is 10.5 Å². The molecule has 4 nitrogen and oxygen atoms in total. The van der Waals surface area contributed by atoms with Crippen LogP contribution in [0.1, 0.15) is 40.5 Å². The van der Waals surface area contributed by atoms with Gasteiger partial charge in [-0.2, -0.15) is 0 Å². The van der Waals surface area contributed by atoms with Crippen molar-refractivity contribution in [3.8, 4) is 0 Å². The van der Waals surface area contributed by atoms with Crippen LogP contribution in [0.2, 0.25) is 0 Å². The number of carbonyl (C=O) groups is 1. The summed E-state index contributed by atoms with van der Waals surface area (Å²) in [4.78, 5) is 14.1. The molecule has 1 amide bonds. The highest BCUT2D eigenvalue weighted by Gasteiger charge is 2.37. The van der Waals surface area contributed by atoms with Crippen molar-refractivity contribution in [3.63, 3.8) is 0 Å². The SMILES string of the molecule is COC1(C)CCCN(C(=O)[C@H](N)C(C)(C)C)C1. The summed E-state index contributed by atoms with van der Waals surface area (Å²) in [6, 6.07) is -0.443. The first-order valence-corrected chi connectivity index (χ1v) is 6.29. The number of ether oxygens (including phenoxy) is 1. The molecule has 0 aromatic carbocycles. The molecule has 1 fully saturated rings. The first-order chi connectivity index (χ1) is 7.69. The van der Waals surface area contributed by atoms with Crippen molar-refractivity contribution >= 4 is 5.91 Å². The molecule has 0 saturated carbocycles. The maximum Gasteiger partial charge on any atom is 0.240 e. The summed E-state index contributed by atoms with van der Waals surface area (Å²) in [7, 11) is 1.71. The van der Waals surface area contributed by atoms with Crippen molar-refractivity contribution in [1.82, 2.24) is 4.90 Å². The standard InChI is InChI=1S/C13H26N2O2/c1-12(2,3)10(14)11(16)15-8-6-7-13(4,9-15)17-5/h10H,6-9,14H2,1-5H3/t10-,13?/m0/s1. The highest BCUT2D eigenvalue weighted by molar-refractivity contribution is 5.82. The van der Waals surface area contributed by atoms with Gasteiger partial charge in [-0.15, -0.1) is 0 Å². The number of likely N-dealkylation sites (tertiary alicyclic amines) is 1. The van der Waals surface area contributed by atoms with Crippen LogP contribution in [0, 0.1) is 5.41 Å². The topological polar surface area (TPSA) is 55.6 Å². The maximum atomic E-state index is 12.3. The number of amides is 1. The number of carbonyl (C=O) groups excluding carboxylic acids is 1. The fraction of sp³-hybridized carbons (Fsp3) is 0.923. The minimum absolute atomic E-state index is 0.0421. The van der Waals surface area contributed by atoms with Crippen molar-refractivity contribution in [1.29, 1.82) is 0 Å². The predicted octanol–water partition coefficient (Wildman–Crippen LogP) is 1.39. The lowest BCUT2D eigenvalue weighted by molar-refractivity contribution is -0.142. The number of rotatable bonds is 2. The van der Waals surface area contributed by atoms with Gasteiger partial charge in [-0.3, -0.25) is 4.79 Å². The molecule has 17 heavy (non-hydrogen) atoms. The zero-order valence-corrected chi connectivity index (χ0v) is 11.7. The zero-order valence-electron chi connectivity index (χ0n) is 11.7. The van der Waals surface area contributed by atoms with Crippen LogP contribution in [0.4, 0.5) is 0 Å². The molecule has 1 aliphatic heterocycles. The van der Waals surface area contributed by atoms with Crippen LogP contribution in [0.25, 0.3) is 0 Å². The van der Waals surface area contributed by atoms with Crippen molar-refractivity contribution < 1.29 is 9.53 Å². The minimum Gasteiger partial charge on any atom is -0.377 e. The summed E-state index contributed by atoms with van der Waals surface area (Å²) >= 11 is 0. The first kappa shape index (κ1) is 14.5. The van der Waals surface area contributed by atoms with Crippen LogP contribution in [-0.2, 0) is 9.53 Å². The van der Waals surface area contributed by atoms with Gasteiger partial charge in [-0.25, -0.2) is 0 Å². The number of nitrogens with two attached hydrogens (primary N) is 1. The molecule has 0 aromatic rings. The van der Waals surface area contributed by atoms with Gasteiger partial charge in [-0.05, 0) is 25.2 Å². The normalized spacial score (nSPS) is 28.0. The Morgan fingerprint density at radius 1 is 1.47 bits per heavy atom. The van der Waals surface area contributed by atoms with E-state index in [0.29, 0.717) is 6.54 Å². The summed E-state index contributed by atoms with van der Waals surface area (Å²) in [5.41, 5.74) is 5.61. The van der Waals surface area contributed by atoms with Gasteiger partial charge < -0.3 is 15.4 Å². The van der Waals surface area contributed by atoms with E-state index in [1.54, 1.807) is 7.11 Å². The number of methoxy groups -OCH3 is 1. The third-order valence-corrected chi connectivity index (χ3v) is 3.66. The third kappa shape index (κ3) is 3.42. The number of piperidine rings is 1. The molecular weight excluding hydrogens is 216 g/mol. The van der Waals surface area contributed by atoms with Crippen LogP contribution in [0.5, 0.6) is 0 Å². The molecule has 1 heterocycles. The van der Waals surface area contributed by atoms with Gasteiger partial charge in [0.25, 0.3) is 0 Å². The van der Waals surface area contributed by atoms with Gasteiger partial charge in [0.05, 0.1) is 11.6 Å². The van der Waals surface area contributed by atoms with Crippen LogP contribution < -0.4 is 5.73 Å². The molecule has 0 radical (unpaired) electrons. The smallest absolute Gasteiger partial charge is 0.240 e. The highest BCUT2D eigenvalue weighted by Crippen LogP contribution is 2.26. The van der Waals surface area contributed by atoms with E-state index in [0.717, 1.165) is 19.4 Å². The third-order valence-electron chi connectivity index (χ3n) is 3.66. The van der Waals surface area contributed by atoms with Crippen LogP contribution in [-0.4, -0.2) is 42.6 Å². The van der Waals surface area contributed by atoms with E-state index in [-0.39, 0.29) is 16.9 Å². The van der Waals surface area contributed by atoms with Crippen molar-refractivity contribution in [2.24, 2.45) is 11.1 Å². The lowest BCUT2D eigenvalue weighted by Crippen LogP contribution is -2.56. The Kier molecular flexibility index (Phi) is 4.20. The Bertz CT molecular complexity index is 286. The molecule has 1 unspecified atom stereocenters. The van der Waals surface area contributed by atoms with E-state index in [1.165, 1.54) is 0 Å². The molecule has 1 aliphatic rings. The first-order valence-electron chi connectivity index (χ1n) is 6.29. The number of hydrogen-bond donors (Lipinski definition) is 1. The second-order valence-electron chi connectivity index (χ2n) is 6.36. The summed E-state index contributed by atoms with van der Waals surface area (Å²) in [5.74, 6) is 0.0421. The molecule has 0 aliphatic carbocycles. The van der Waals surface area contributed by atoms with Gasteiger partial charge in [0, 0.05) is 20.2 Å². The summed E-state index contributed by atoms with van der Waals surface area (Å²) in [5, 5.41) is 0. The lowest BCUT2D eigenvalue weighted by Gasteiger charge is -2.41. The highest BCUT2D eigenvalue weighted by atomic mass is 16.5. The van der Waals surface area contributed by atoms with E-state index in [9.17, 15) is 4.79 Å². The Morgan fingerprint density at radius 3 is 2.53 bits per heavy atom. The summed E-state index contributed by atoms with van der Waals surface area (Å²) in [6.45, 7) is 9.47. The van der Waals surface area contributed by atoms with E-state index >= 15 is 0 Å². The molecular formula is C13H26N2O2. The van der Waals surface area contributed by atoms with Gasteiger partial charge in [0.1, 0.15) is 0 Å². The molecule has 0 aromatic heterocycles. The largest absolute Gasteiger partial charge is 0.377 e. The quantitative estimate of drug-likeness (QED) is 0.796. The second-order valence-corrected chi connectivity index (χ2v) is 6.36. The van der Waals surface area contributed by atoms with Gasteiger partial charge in [0.15, 0.2) is 0 Å². The van der Waals surface area contributed by atoms with Crippen LogP contribution >= 0.6 is 0 Å². The Balaban J connectivity index is 2.70. The predicted molar refractivity (Wildman–Crippen MR) is 68.7 cm³/mol. The summed E-state index contributed by atoms with van der Waals surface area (Å²) < 4.78 is 5.49. The number of hydrogen-bond acceptors (Lipinski definition) is 3. The molecule has 1 rings (SSSR count). The molecule has 2 atom stereocenters. The Morgan fingerprint density at radius 2 is 2.06 bits per heavy atom. The molecule has 0 bridgehead atoms. The van der Waals surface area contributed by atoms with Gasteiger partial charge >= 0.3 is 0 Å². The summed E-state index contributed by atoms with van der Waals surface area (Å²) in [6.07, 6.45) is 1.98. The average molecular weight is 242 g/mol.